The van der Waals surface area contributed by atoms with Gasteiger partial charge in [-0.3, -0.25) is 5.32 Å². The minimum Gasteiger partial charge on any atom is -0.449 e. The number of carbonyl (C=O) groups is 1. The van der Waals surface area contributed by atoms with Crippen molar-refractivity contribution in [3.05, 3.63) is 65.6 Å². The van der Waals surface area contributed by atoms with Crippen molar-refractivity contribution in [3.8, 4) is 11.1 Å². The van der Waals surface area contributed by atoms with E-state index in [4.69, 9.17) is 15.5 Å². The first-order valence-electron chi connectivity index (χ1n) is 13.3. The number of ether oxygens (including phenoxy) is 1. The molecule has 1 aliphatic carbocycles. The Balaban J connectivity index is 1.35. The smallest absolute Gasteiger partial charge is 0.411 e. The van der Waals surface area contributed by atoms with Gasteiger partial charge < -0.3 is 20.3 Å². The first kappa shape index (κ1) is 25.8. The van der Waals surface area contributed by atoms with Gasteiger partial charge in [-0.25, -0.2) is 9.78 Å². The molecule has 1 saturated heterocycles. The third-order valence-corrected chi connectivity index (χ3v) is 7.23. The summed E-state index contributed by atoms with van der Waals surface area (Å²) >= 11 is 0. The number of anilines is 2. The van der Waals surface area contributed by atoms with Gasteiger partial charge in [0.1, 0.15) is 5.82 Å². The number of allylic oxidation sites excluding steroid dienone is 4. The van der Waals surface area contributed by atoms with Gasteiger partial charge in [-0.15, -0.1) is 0 Å². The molecular weight excluding hydrogens is 478 g/mol. The van der Waals surface area contributed by atoms with Crippen LogP contribution in [0.2, 0.25) is 0 Å². The third kappa shape index (κ3) is 5.38. The van der Waals surface area contributed by atoms with Gasteiger partial charge in [-0.2, -0.15) is 9.61 Å². The number of aromatic nitrogens is 3. The normalized spacial score (nSPS) is 18.2. The van der Waals surface area contributed by atoms with Crippen molar-refractivity contribution in [2.45, 2.75) is 33.1 Å². The van der Waals surface area contributed by atoms with Crippen LogP contribution in [0.1, 0.15) is 37.4 Å². The summed E-state index contributed by atoms with van der Waals surface area (Å²) in [7, 11) is 2.18. The predicted octanol–water partition coefficient (Wildman–Crippen LogP) is 4.67. The maximum atomic E-state index is 12.0. The first-order valence-corrected chi connectivity index (χ1v) is 13.3. The lowest BCUT2D eigenvalue weighted by atomic mass is 9.91. The topological polar surface area (TPSA) is 101 Å². The minimum absolute atomic E-state index is 0.199. The van der Waals surface area contributed by atoms with E-state index in [-0.39, 0.29) is 11.8 Å². The van der Waals surface area contributed by atoms with Gasteiger partial charge in [0.15, 0.2) is 5.65 Å². The summed E-state index contributed by atoms with van der Waals surface area (Å²) in [5, 5.41) is 7.40. The number of nitrogens with two attached hydrogens (primary N) is 1. The molecule has 1 fully saturated rings. The fourth-order valence-corrected chi connectivity index (χ4v) is 5.09. The monoisotopic (exact) mass is 515 g/mol. The Labute approximate surface area is 224 Å². The number of hydrogen-bond donors (Lipinski definition) is 2. The molecule has 200 valence electrons. The molecule has 1 aliphatic heterocycles. The second-order valence-electron chi connectivity index (χ2n) is 10.6. The number of fused-ring (bicyclic) bond motifs is 1. The van der Waals surface area contributed by atoms with E-state index in [9.17, 15) is 4.79 Å². The molecule has 9 nitrogen and oxygen atoms in total. The number of hydrogen-bond acceptors (Lipinski definition) is 7. The summed E-state index contributed by atoms with van der Waals surface area (Å²) < 4.78 is 6.95. The van der Waals surface area contributed by atoms with Crippen LogP contribution in [-0.4, -0.2) is 70.3 Å². The minimum atomic E-state index is -0.461. The number of likely N-dealkylation sites (N-methyl/N-ethyl adjacent to an activating group) is 1. The molecule has 38 heavy (non-hydrogen) atoms. The largest absolute Gasteiger partial charge is 0.449 e. The molecule has 0 radical (unpaired) electrons. The zero-order chi connectivity index (χ0) is 26.8. The summed E-state index contributed by atoms with van der Waals surface area (Å²) in [5.41, 5.74) is 13.1. The fourth-order valence-electron chi connectivity index (χ4n) is 5.09. The van der Waals surface area contributed by atoms with Crippen LogP contribution in [0.3, 0.4) is 0 Å². The zero-order valence-corrected chi connectivity index (χ0v) is 22.6. The standard InChI is InChI=1S/C29H37N7O2/c1-19(2)18-38-29(37)33-23-10-8-21(9-11-23)26-20(3)32-28-25(17-31-36(28)27(26)30)22-6-5-7-24(16-22)35-14-12-34(4)13-15-35/h5-11,17,19,22H,12-16,18,30H2,1-4H3,(H,33,37). The molecule has 3 heterocycles. The van der Waals surface area contributed by atoms with Crippen LogP contribution < -0.4 is 11.1 Å². The quantitative estimate of drug-likeness (QED) is 0.492. The molecule has 0 saturated carbocycles. The van der Waals surface area contributed by atoms with Gasteiger partial charge in [0.2, 0.25) is 0 Å². The number of benzene rings is 1. The van der Waals surface area contributed by atoms with Crippen molar-refractivity contribution in [1.82, 2.24) is 24.4 Å². The highest BCUT2D eigenvalue weighted by Crippen LogP contribution is 2.36. The van der Waals surface area contributed by atoms with Gasteiger partial charge in [-0.05, 0) is 50.1 Å². The van der Waals surface area contributed by atoms with E-state index >= 15 is 0 Å². The highest BCUT2D eigenvalue weighted by atomic mass is 16.5. The Bertz CT molecular complexity index is 1370. The van der Waals surface area contributed by atoms with Crippen molar-refractivity contribution in [1.29, 1.82) is 0 Å². The van der Waals surface area contributed by atoms with E-state index in [0.29, 0.717) is 18.1 Å². The highest BCUT2D eigenvalue weighted by Gasteiger charge is 2.25. The maximum absolute atomic E-state index is 12.0. The van der Waals surface area contributed by atoms with Crippen LogP contribution in [0.25, 0.3) is 16.8 Å². The Morgan fingerprint density at radius 1 is 1.18 bits per heavy atom. The number of carbonyl (C=O) groups excluding carboxylic acids is 1. The maximum Gasteiger partial charge on any atom is 0.411 e. The molecule has 5 rings (SSSR count). The van der Waals surface area contributed by atoms with Crippen molar-refractivity contribution in [2.75, 3.05) is 50.9 Å². The summed E-state index contributed by atoms with van der Waals surface area (Å²) in [4.78, 5) is 21.8. The van der Waals surface area contributed by atoms with Crippen LogP contribution in [-0.2, 0) is 4.74 Å². The van der Waals surface area contributed by atoms with Gasteiger partial charge in [0.05, 0.1) is 18.5 Å². The number of piperazine rings is 1. The molecule has 1 atom stereocenters. The molecule has 2 aromatic heterocycles. The summed E-state index contributed by atoms with van der Waals surface area (Å²) in [5.74, 6) is 1.03. The van der Waals surface area contributed by atoms with E-state index in [2.05, 4.69) is 45.5 Å². The van der Waals surface area contributed by atoms with Crippen LogP contribution >= 0.6 is 0 Å². The average Bonchev–Trinajstić information content (AvgIpc) is 3.33. The summed E-state index contributed by atoms with van der Waals surface area (Å²) in [6.45, 7) is 10.6. The van der Waals surface area contributed by atoms with Gasteiger partial charge in [0, 0.05) is 54.6 Å². The fraction of sp³-hybridized carbons (Fsp3) is 0.414. The Morgan fingerprint density at radius 2 is 1.92 bits per heavy atom. The summed E-state index contributed by atoms with van der Waals surface area (Å²) in [6.07, 6.45) is 9.00. The number of amides is 1. The molecule has 0 bridgehead atoms. The van der Waals surface area contributed by atoms with Gasteiger partial charge in [0.25, 0.3) is 0 Å². The number of nitrogens with zero attached hydrogens (tertiary/aromatic N) is 5. The highest BCUT2D eigenvalue weighted by molar-refractivity contribution is 5.86. The average molecular weight is 516 g/mol. The first-order chi connectivity index (χ1) is 18.3. The molecule has 0 spiro atoms. The number of aryl methyl sites for hydroxylation is 1. The molecule has 9 heteroatoms. The Kier molecular flexibility index (Phi) is 7.37. The lowest BCUT2D eigenvalue weighted by molar-refractivity contribution is 0.147. The van der Waals surface area contributed by atoms with Crippen molar-refractivity contribution in [3.63, 3.8) is 0 Å². The van der Waals surface area contributed by atoms with Crippen LogP contribution in [0.5, 0.6) is 0 Å². The second kappa shape index (κ2) is 10.9. The summed E-state index contributed by atoms with van der Waals surface area (Å²) in [6, 6.07) is 7.52. The van der Waals surface area contributed by atoms with Crippen LogP contribution in [0.15, 0.2) is 54.4 Å². The van der Waals surface area contributed by atoms with Gasteiger partial charge in [-0.1, -0.05) is 38.1 Å². The SMILES string of the molecule is Cc1nc2c(C3C=CC=C(N4CCN(C)CC4)C3)cnn2c(N)c1-c1ccc(NC(=O)OCC(C)C)cc1. The van der Waals surface area contributed by atoms with Crippen LogP contribution in [0, 0.1) is 12.8 Å². The van der Waals surface area contributed by atoms with E-state index in [1.54, 1.807) is 4.52 Å². The third-order valence-electron chi connectivity index (χ3n) is 7.23. The number of rotatable bonds is 6. The van der Waals surface area contributed by atoms with E-state index in [1.807, 2.05) is 51.2 Å². The zero-order valence-electron chi connectivity index (χ0n) is 22.6. The van der Waals surface area contributed by atoms with E-state index in [1.165, 1.54) is 5.70 Å². The second-order valence-corrected chi connectivity index (χ2v) is 10.6. The van der Waals surface area contributed by atoms with Crippen molar-refractivity contribution in [2.24, 2.45) is 5.92 Å². The number of nitrogens with one attached hydrogen (secondary N) is 1. The Morgan fingerprint density at radius 3 is 2.63 bits per heavy atom. The number of nitrogen functional groups attached to an aromatic ring is 1. The van der Waals surface area contributed by atoms with Crippen LogP contribution in [0.4, 0.5) is 16.3 Å². The lowest BCUT2D eigenvalue weighted by Crippen LogP contribution is -2.44. The predicted molar refractivity (Wildman–Crippen MR) is 151 cm³/mol. The van der Waals surface area contributed by atoms with Crippen molar-refractivity contribution >= 4 is 23.2 Å². The molecule has 1 unspecified atom stereocenters. The molecular formula is C29H37N7O2. The Hall–Kier alpha value is -3.85. The molecule has 1 aromatic carbocycles. The molecule has 2 aliphatic rings. The van der Waals surface area contributed by atoms with E-state index < -0.39 is 6.09 Å². The van der Waals surface area contributed by atoms with E-state index in [0.717, 1.165) is 60.6 Å². The molecule has 3 N–H and O–H groups in total. The van der Waals surface area contributed by atoms with Crippen molar-refractivity contribution < 1.29 is 9.53 Å². The molecule has 1 amide bonds. The molecule has 3 aromatic rings. The van der Waals surface area contributed by atoms with Gasteiger partial charge >= 0.3 is 6.09 Å². The lowest BCUT2D eigenvalue weighted by Gasteiger charge is -2.37.